The SMILES string of the molecule is CC(C)OC(=O)[C@H](C)NP(=O)(Oc1ccccc1)O[C@H](C)[C@H]1O[C@@H](n2cnc3c(=O)[nH]c(NC(C)OC(=O)[C@H](C)N[P@@](=O)(Oc4ccccc4)O[C@H](C)[C@H]4O[C@@H](n5cnc6c(=O)[nH]c(NC(C)OC(=O)[C@H](C)N[P@](=O)(Oc7ccccc7)O[C@H](C)[C@H]7O[C@@H](n8cnc9c(=O)[nH]c(N)nc98)[C@@](F)(CF)C7O)nc65)[C@@](F)(CF)C4O)nc32)[C@@](F)(CF)C1O. The number of aromatic nitrogens is 12. The van der Waals surface area contributed by atoms with Crippen LogP contribution in [0.15, 0.2) is 124 Å². The summed E-state index contributed by atoms with van der Waals surface area (Å²) in [6.07, 6.45) is -25.7. The maximum Gasteiger partial charge on any atom is 0.459 e. The second-order valence-corrected chi connectivity index (χ2v) is 33.7. The second kappa shape index (κ2) is 36.0. The third kappa shape index (κ3) is 19.0. The third-order valence-corrected chi connectivity index (χ3v) is 24.4. The molecule has 9 aromatic rings. The Kier molecular flexibility index (Phi) is 26.8. The molecule has 3 aromatic carbocycles. The van der Waals surface area contributed by atoms with Crippen LogP contribution in [0, 0.1) is 0 Å². The van der Waals surface area contributed by atoms with E-state index in [-0.39, 0.29) is 28.4 Å². The predicted molar refractivity (Wildman–Crippen MR) is 411 cm³/mol. The Labute approximate surface area is 680 Å². The summed E-state index contributed by atoms with van der Waals surface area (Å²) in [5.74, 6) is -4.98. The fourth-order valence-corrected chi connectivity index (χ4v) is 18.4. The smallest absolute Gasteiger partial charge is 0.459 e. The first-order valence-electron chi connectivity index (χ1n) is 37.1. The highest BCUT2D eigenvalue weighted by molar-refractivity contribution is 7.52. The highest BCUT2D eigenvalue weighted by Crippen LogP contribution is 2.55. The van der Waals surface area contributed by atoms with Gasteiger partial charge >= 0.3 is 41.1 Å². The summed E-state index contributed by atoms with van der Waals surface area (Å²) in [4.78, 5) is 112. The number of imidazole rings is 3. The largest absolute Gasteiger partial charge is 0.462 e. The average Bonchev–Trinajstić information content (AvgIpc) is 1.59. The lowest BCUT2D eigenvalue weighted by Crippen LogP contribution is -2.47. The number of hydrogen-bond donors (Lipinski definition) is 12. The van der Waals surface area contributed by atoms with E-state index in [1.165, 1.54) is 100 Å². The van der Waals surface area contributed by atoms with E-state index in [2.05, 4.69) is 70.8 Å². The second-order valence-electron chi connectivity index (χ2n) is 28.7. The quantitative estimate of drug-likeness (QED) is 0.00694. The van der Waals surface area contributed by atoms with Crippen molar-refractivity contribution in [3.63, 3.8) is 0 Å². The van der Waals surface area contributed by atoms with Gasteiger partial charge in [0.05, 0.1) is 43.4 Å². The first kappa shape index (κ1) is 90.0. The predicted octanol–water partition coefficient (Wildman–Crippen LogP) is 6.04. The van der Waals surface area contributed by atoms with Crippen LogP contribution in [-0.4, -0.2) is 220 Å². The Morgan fingerprint density at radius 1 is 0.471 bits per heavy atom. The molecule has 13 N–H and O–H groups in total. The molecule has 0 amide bonds. The number of nitrogens with one attached hydrogen (secondary N) is 8. The number of rotatable bonds is 37. The molecule has 656 valence electrons. The molecule has 12 rings (SSSR count). The fraction of sp³-hybridized carbons (Fsp3) is 0.486. The Morgan fingerprint density at radius 2 is 0.752 bits per heavy atom. The fourth-order valence-electron chi connectivity index (χ4n) is 13.3. The Bertz CT molecular complexity index is 5560. The van der Waals surface area contributed by atoms with Crippen molar-refractivity contribution < 1.29 is 125 Å². The molecular formula is C70H85F6N18O24P3. The lowest BCUT2D eigenvalue weighted by molar-refractivity contribution is -0.149. The average molecular weight is 1770 g/mol. The van der Waals surface area contributed by atoms with Gasteiger partial charge in [-0.05, 0) is 106 Å². The first-order valence-corrected chi connectivity index (χ1v) is 41.8. The van der Waals surface area contributed by atoms with Crippen LogP contribution in [0.1, 0.15) is 87.9 Å². The van der Waals surface area contributed by atoms with Gasteiger partial charge in [0.25, 0.3) is 16.7 Å². The lowest BCUT2D eigenvalue weighted by Gasteiger charge is -2.29. The van der Waals surface area contributed by atoms with Gasteiger partial charge in [0.1, 0.15) is 92.0 Å². The zero-order chi connectivity index (χ0) is 87.8. The number of ether oxygens (including phenoxy) is 6. The number of aliphatic hydroxyl groups excluding tert-OH is 3. The number of nitrogen functional groups attached to an aromatic ring is 1. The number of esters is 3. The molecule has 0 aliphatic carbocycles. The number of aliphatic hydroxyl groups is 3. The summed E-state index contributed by atoms with van der Waals surface area (Å²) in [6, 6.07) is 17.2. The minimum atomic E-state index is -5.06. The molecule has 9 heterocycles. The van der Waals surface area contributed by atoms with Gasteiger partial charge in [0, 0.05) is 0 Å². The van der Waals surface area contributed by atoms with Crippen LogP contribution in [0.3, 0.4) is 0 Å². The van der Waals surface area contributed by atoms with Crippen molar-refractivity contribution in [1.29, 1.82) is 0 Å². The first-order chi connectivity index (χ1) is 57.1. The van der Waals surface area contributed by atoms with Crippen molar-refractivity contribution in [2.75, 3.05) is 36.4 Å². The van der Waals surface area contributed by atoms with Gasteiger partial charge in [0.2, 0.25) is 34.9 Å². The van der Waals surface area contributed by atoms with E-state index >= 15 is 26.5 Å². The van der Waals surface area contributed by atoms with Gasteiger partial charge in [-0.15, -0.1) is 0 Å². The number of hydrogen-bond acceptors (Lipinski definition) is 33. The number of carbonyl (C=O) groups is 3. The molecule has 23 atom stereocenters. The van der Waals surface area contributed by atoms with E-state index in [1.54, 1.807) is 32.0 Å². The van der Waals surface area contributed by atoms with Gasteiger partial charge in [-0.1, -0.05) is 54.6 Å². The molecule has 3 aliphatic rings. The van der Waals surface area contributed by atoms with E-state index in [0.29, 0.717) is 0 Å². The maximum atomic E-state index is 17.4. The normalized spacial score (nSPS) is 26.5. The zero-order valence-electron chi connectivity index (χ0n) is 65.5. The van der Waals surface area contributed by atoms with Crippen molar-refractivity contribution in [2.45, 2.75) is 197 Å². The van der Waals surface area contributed by atoms with Crippen LogP contribution in [0.25, 0.3) is 33.5 Å². The van der Waals surface area contributed by atoms with Gasteiger partial charge in [-0.2, -0.15) is 30.2 Å². The number of nitrogens with zero attached hydrogens (tertiary/aromatic N) is 9. The standard InChI is InChI=1S/C70H85F6N18O24P3/c1-32(2)107-59(101)33(3)89-119(104,116-41-20-14-11-15-21-41)113-37(7)48-51(96)69(75,27-72)63(111-48)93-30-79-45-54(93)84-66(87-57(45)99)82-40(10)109-61(103)35(5)91-121(106,118-43-24-18-13-19-25-43)115-38(8)49-52(97)70(76,28-73)64(112-49)94-31-80-46-55(94)85-67(88-58(46)100)81-39(9)108-60(102)34(4)90-120(105,117-42-22-16-12-17-23-42)114-36(6)47-50(95)68(74,26-71)62(110-47)92-29-78-44-53(92)83-65(77)86-56(44)98/h11-25,29-40,47-52,62-64,95-97H,26-28H2,1-10H3,(H,89,104)(H,90,105)(H,91,106)(H3,77,83,86,98)(H2,81,85,88,100)(H2,82,84,87,99)/t33-,34-,35-,36+,37+,38+,39?,40?,47+,48+,49+,50?,51?,52?,62+,63+,64+,68+,69+,70+,119?,120+,121-/m0/s1. The van der Waals surface area contributed by atoms with Gasteiger partial charge in [-0.3, -0.25) is 71.0 Å². The number of H-pyrrole nitrogens is 3. The van der Waals surface area contributed by atoms with Gasteiger partial charge in [0.15, 0.2) is 64.6 Å². The third-order valence-electron chi connectivity index (χ3n) is 19.1. The Morgan fingerprint density at radius 3 is 1.04 bits per heavy atom. The van der Waals surface area contributed by atoms with Crippen LogP contribution in [0.4, 0.5) is 44.2 Å². The lowest BCUT2D eigenvalue weighted by atomic mass is 9.95. The molecule has 6 aromatic heterocycles. The number of para-hydroxylation sites is 3. The van der Waals surface area contributed by atoms with Crippen molar-refractivity contribution in [1.82, 2.24) is 73.8 Å². The molecule has 0 radical (unpaired) electrons. The van der Waals surface area contributed by atoms with E-state index in [0.717, 1.165) is 60.4 Å². The monoisotopic (exact) mass is 1770 g/mol. The Balaban J connectivity index is 0.699. The maximum absolute atomic E-state index is 17.4. The van der Waals surface area contributed by atoms with E-state index in [1.807, 2.05) is 0 Å². The molecule has 0 spiro atoms. The number of anilines is 3. The molecule has 6 unspecified atom stereocenters. The molecule has 3 saturated heterocycles. The van der Waals surface area contributed by atoms with E-state index in [9.17, 15) is 57.6 Å². The molecule has 0 saturated carbocycles. The summed E-state index contributed by atoms with van der Waals surface area (Å²) in [5.41, 5.74) is -9.93. The van der Waals surface area contributed by atoms with Crippen LogP contribution in [-0.2, 0) is 70.1 Å². The molecule has 51 heteroatoms. The topological polar surface area (TPSA) is 551 Å². The van der Waals surface area contributed by atoms with Crippen molar-refractivity contribution >= 4 is 92.5 Å². The summed E-state index contributed by atoms with van der Waals surface area (Å²) >= 11 is 0. The van der Waals surface area contributed by atoms with Crippen LogP contribution >= 0.6 is 23.2 Å². The summed E-state index contributed by atoms with van der Waals surface area (Å²) in [7, 11) is -14.7. The molecule has 0 bridgehead atoms. The summed E-state index contributed by atoms with van der Waals surface area (Å²) < 4.78 is 212. The van der Waals surface area contributed by atoms with Crippen LogP contribution in [0.2, 0.25) is 0 Å². The molecule has 121 heavy (non-hydrogen) atoms. The van der Waals surface area contributed by atoms with E-state index < -0.39 is 245 Å². The number of alkyl halides is 6. The zero-order valence-corrected chi connectivity index (χ0v) is 68.2. The molecule has 3 fully saturated rings. The molecule has 3 aliphatic heterocycles. The number of benzene rings is 3. The van der Waals surface area contributed by atoms with Gasteiger partial charge in [-0.25, -0.2) is 55.0 Å². The van der Waals surface area contributed by atoms with E-state index in [4.69, 9.17) is 61.3 Å². The number of carbonyl (C=O) groups excluding carboxylic acids is 3. The molecular weight excluding hydrogens is 1680 g/mol. The number of fused-ring (bicyclic) bond motifs is 3. The highest BCUT2D eigenvalue weighted by Gasteiger charge is 2.64. The summed E-state index contributed by atoms with van der Waals surface area (Å²) in [5, 5.41) is 47.0. The van der Waals surface area contributed by atoms with Crippen molar-refractivity contribution in [3.05, 3.63) is 141 Å². The van der Waals surface area contributed by atoms with Crippen LogP contribution < -0.4 is 61.9 Å². The highest BCUT2D eigenvalue weighted by atomic mass is 31.2. The number of halogens is 6. The minimum Gasteiger partial charge on any atom is -0.462 e. The van der Waals surface area contributed by atoms with Crippen molar-refractivity contribution in [3.8, 4) is 17.2 Å². The minimum absolute atomic E-state index is 0.0102. The van der Waals surface area contributed by atoms with Gasteiger partial charge < -0.3 is 73.7 Å². The Hall–Kier alpha value is -10.3. The van der Waals surface area contributed by atoms with Crippen molar-refractivity contribution in [2.24, 2.45) is 0 Å². The summed E-state index contributed by atoms with van der Waals surface area (Å²) in [6.45, 7) is 6.88. The molecule has 42 nitrogen and oxygen atoms in total. The van der Waals surface area contributed by atoms with Crippen LogP contribution in [0.5, 0.6) is 17.2 Å². The number of nitrogens with two attached hydrogens (primary N) is 1. The number of aromatic amines is 3.